The predicted octanol–water partition coefficient (Wildman–Crippen LogP) is 3.75. The first kappa shape index (κ1) is 14.3. The molecule has 0 radical (unpaired) electrons. The summed E-state index contributed by atoms with van der Waals surface area (Å²) < 4.78 is 2.01. The molecule has 0 aliphatic carbocycles. The largest absolute Gasteiger partial charge is 0.369 e. The minimum Gasteiger partial charge on any atom is -0.369 e. The van der Waals surface area contributed by atoms with Crippen LogP contribution in [0.2, 0.25) is 0 Å². The van der Waals surface area contributed by atoms with Crippen LogP contribution in [0.1, 0.15) is 19.3 Å². The van der Waals surface area contributed by atoms with Crippen molar-refractivity contribution in [2.24, 2.45) is 5.92 Å². The fraction of sp³-hybridized carbons (Fsp3) is 0.615. The van der Waals surface area contributed by atoms with E-state index in [2.05, 4.69) is 54.1 Å². The van der Waals surface area contributed by atoms with Gasteiger partial charge in [0.1, 0.15) is 5.82 Å². The predicted molar refractivity (Wildman–Crippen MR) is 83.0 cm³/mol. The van der Waals surface area contributed by atoms with Gasteiger partial charge in [0.15, 0.2) is 0 Å². The quantitative estimate of drug-likeness (QED) is 0.867. The Morgan fingerprint density at radius 3 is 2.78 bits per heavy atom. The minimum absolute atomic E-state index is 0.864. The van der Waals surface area contributed by atoms with Crippen LogP contribution in [0.5, 0.6) is 0 Å². The fourth-order valence-corrected chi connectivity index (χ4v) is 3.42. The van der Waals surface area contributed by atoms with Crippen molar-refractivity contribution in [3.63, 3.8) is 0 Å². The Hall–Kier alpha value is -0.130. The second-order valence-corrected chi connectivity index (χ2v) is 6.72. The first-order valence-corrected chi connectivity index (χ1v) is 7.97. The molecule has 5 heteroatoms. The molecule has 0 saturated carbocycles. The zero-order valence-corrected chi connectivity index (χ0v) is 13.8. The van der Waals surface area contributed by atoms with Crippen molar-refractivity contribution in [3.8, 4) is 0 Å². The normalized spacial score (nSPS) is 17.9. The standard InChI is InChI=1S/C13H19Br2N3/c1-18-6-3-10(4-7-18)2-5-16-13-12(15)8-11(14)9-17-13/h8-10H,2-7H2,1H3,(H,16,17). The van der Waals surface area contributed by atoms with Gasteiger partial charge >= 0.3 is 0 Å². The third kappa shape index (κ3) is 4.21. The molecular formula is C13H19Br2N3. The van der Waals surface area contributed by atoms with Crippen molar-refractivity contribution in [3.05, 3.63) is 21.2 Å². The monoisotopic (exact) mass is 375 g/mol. The lowest BCUT2D eigenvalue weighted by molar-refractivity contribution is 0.215. The highest BCUT2D eigenvalue weighted by Crippen LogP contribution is 2.24. The van der Waals surface area contributed by atoms with E-state index in [1.165, 1.54) is 32.4 Å². The summed E-state index contributed by atoms with van der Waals surface area (Å²) in [4.78, 5) is 6.77. The van der Waals surface area contributed by atoms with E-state index < -0.39 is 0 Å². The number of nitrogens with one attached hydrogen (secondary N) is 1. The molecule has 2 rings (SSSR count). The molecule has 0 atom stereocenters. The highest BCUT2D eigenvalue weighted by atomic mass is 79.9. The molecule has 2 heterocycles. The van der Waals surface area contributed by atoms with Crippen LogP contribution in [0, 0.1) is 5.92 Å². The molecule has 0 unspecified atom stereocenters. The van der Waals surface area contributed by atoms with Gasteiger partial charge in [-0.25, -0.2) is 4.98 Å². The molecule has 1 aromatic heterocycles. The van der Waals surface area contributed by atoms with Gasteiger partial charge < -0.3 is 10.2 Å². The molecule has 0 aromatic carbocycles. The second-order valence-electron chi connectivity index (χ2n) is 4.95. The van der Waals surface area contributed by atoms with Crippen molar-refractivity contribution in [2.45, 2.75) is 19.3 Å². The van der Waals surface area contributed by atoms with E-state index in [1.807, 2.05) is 12.3 Å². The zero-order valence-electron chi connectivity index (χ0n) is 10.6. The van der Waals surface area contributed by atoms with Crippen LogP contribution < -0.4 is 5.32 Å². The minimum atomic E-state index is 0.864. The van der Waals surface area contributed by atoms with Gasteiger partial charge in [0.25, 0.3) is 0 Å². The summed E-state index contributed by atoms with van der Waals surface area (Å²) in [6, 6.07) is 2.02. The Morgan fingerprint density at radius 2 is 2.11 bits per heavy atom. The average Bonchev–Trinajstić information content (AvgIpc) is 2.34. The number of hydrogen-bond donors (Lipinski definition) is 1. The summed E-state index contributed by atoms with van der Waals surface area (Å²) in [6.07, 6.45) is 5.71. The van der Waals surface area contributed by atoms with Crippen LogP contribution in [0.4, 0.5) is 5.82 Å². The van der Waals surface area contributed by atoms with Gasteiger partial charge in [-0.1, -0.05) is 0 Å². The number of halogens is 2. The first-order valence-electron chi connectivity index (χ1n) is 6.38. The number of likely N-dealkylation sites (tertiary alicyclic amines) is 1. The van der Waals surface area contributed by atoms with Crippen molar-refractivity contribution in [1.29, 1.82) is 0 Å². The summed E-state index contributed by atoms with van der Waals surface area (Å²) in [5, 5.41) is 3.41. The van der Waals surface area contributed by atoms with E-state index in [1.54, 1.807) is 0 Å². The number of nitrogens with zero attached hydrogens (tertiary/aromatic N) is 2. The second kappa shape index (κ2) is 6.87. The van der Waals surface area contributed by atoms with Gasteiger partial charge in [-0.15, -0.1) is 0 Å². The van der Waals surface area contributed by atoms with E-state index in [4.69, 9.17) is 0 Å². The van der Waals surface area contributed by atoms with Crippen molar-refractivity contribution in [1.82, 2.24) is 9.88 Å². The Morgan fingerprint density at radius 1 is 1.39 bits per heavy atom. The van der Waals surface area contributed by atoms with Crippen LogP contribution >= 0.6 is 31.9 Å². The van der Waals surface area contributed by atoms with E-state index in [-0.39, 0.29) is 0 Å². The Balaban J connectivity index is 1.75. The third-order valence-corrected chi connectivity index (χ3v) is 4.53. The first-order chi connectivity index (χ1) is 8.65. The molecule has 1 saturated heterocycles. The molecule has 1 N–H and O–H groups in total. The Kier molecular flexibility index (Phi) is 5.45. The molecule has 1 aliphatic rings. The van der Waals surface area contributed by atoms with Crippen LogP contribution in [0.25, 0.3) is 0 Å². The van der Waals surface area contributed by atoms with Crippen molar-refractivity contribution >= 4 is 37.7 Å². The SMILES string of the molecule is CN1CCC(CCNc2ncc(Br)cc2Br)CC1. The van der Waals surface area contributed by atoms with E-state index >= 15 is 0 Å². The van der Waals surface area contributed by atoms with Crippen molar-refractivity contribution in [2.75, 3.05) is 32.0 Å². The number of hydrogen-bond acceptors (Lipinski definition) is 3. The Bertz CT molecular complexity index is 390. The van der Waals surface area contributed by atoms with Gasteiger partial charge in [0, 0.05) is 17.2 Å². The molecule has 1 aliphatic heterocycles. The van der Waals surface area contributed by atoms with Crippen LogP contribution in [-0.4, -0.2) is 36.6 Å². The van der Waals surface area contributed by atoms with Crippen LogP contribution in [0.3, 0.4) is 0 Å². The maximum atomic E-state index is 4.36. The summed E-state index contributed by atoms with van der Waals surface area (Å²) >= 11 is 6.93. The number of piperidine rings is 1. The lowest BCUT2D eigenvalue weighted by Gasteiger charge is -2.28. The zero-order chi connectivity index (χ0) is 13.0. The van der Waals surface area contributed by atoms with Gasteiger partial charge in [-0.05, 0) is 83.2 Å². The van der Waals surface area contributed by atoms with Gasteiger partial charge in [-0.3, -0.25) is 0 Å². The van der Waals surface area contributed by atoms with E-state index in [0.717, 1.165) is 27.2 Å². The number of rotatable bonds is 4. The fourth-order valence-electron chi connectivity index (χ4n) is 2.29. The molecule has 0 spiro atoms. The topological polar surface area (TPSA) is 28.2 Å². The molecule has 18 heavy (non-hydrogen) atoms. The number of anilines is 1. The molecule has 100 valence electrons. The summed E-state index contributed by atoms with van der Waals surface area (Å²) in [7, 11) is 2.21. The third-order valence-electron chi connectivity index (χ3n) is 3.49. The number of pyridine rings is 1. The maximum Gasteiger partial charge on any atom is 0.140 e. The molecule has 3 nitrogen and oxygen atoms in total. The molecule has 1 aromatic rings. The number of aromatic nitrogens is 1. The molecule has 0 bridgehead atoms. The highest BCUT2D eigenvalue weighted by molar-refractivity contribution is 9.11. The Labute approximate surface area is 126 Å². The van der Waals surface area contributed by atoms with Crippen LogP contribution in [0.15, 0.2) is 21.2 Å². The average molecular weight is 377 g/mol. The molecule has 0 amide bonds. The molecular weight excluding hydrogens is 358 g/mol. The maximum absolute atomic E-state index is 4.36. The lowest BCUT2D eigenvalue weighted by Crippen LogP contribution is -2.30. The summed E-state index contributed by atoms with van der Waals surface area (Å²) in [5.74, 6) is 1.80. The lowest BCUT2D eigenvalue weighted by atomic mass is 9.94. The van der Waals surface area contributed by atoms with Crippen LogP contribution in [-0.2, 0) is 0 Å². The summed E-state index contributed by atoms with van der Waals surface area (Å²) in [6.45, 7) is 3.48. The smallest absolute Gasteiger partial charge is 0.140 e. The van der Waals surface area contributed by atoms with E-state index in [0.29, 0.717) is 0 Å². The summed E-state index contributed by atoms with van der Waals surface area (Å²) in [5.41, 5.74) is 0. The van der Waals surface area contributed by atoms with Gasteiger partial charge in [0.2, 0.25) is 0 Å². The van der Waals surface area contributed by atoms with Gasteiger partial charge in [-0.2, -0.15) is 0 Å². The molecule has 1 fully saturated rings. The highest BCUT2D eigenvalue weighted by Gasteiger charge is 2.16. The van der Waals surface area contributed by atoms with E-state index in [9.17, 15) is 0 Å². The van der Waals surface area contributed by atoms with Crippen molar-refractivity contribution < 1.29 is 0 Å². The van der Waals surface area contributed by atoms with Gasteiger partial charge in [0.05, 0.1) is 4.47 Å².